The zero-order chi connectivity index (χ0) is 8.53. The summed E-state index contributed by atoms with van der Waals surface area (Å²) >= 11 is 0. The molecule has 0 aliphatic carbocycles. The fraction of sp³-hybridized carbons (Fsp3) is 0.900. The molecule has 1 unspecified atom stereocenters. The maximum atomic E-state index is 8.47. The third-order valence-electron chi connectivity index (χ3n) is 2.17. The van der Waals surface area contributed by atoms with Crippen LogP contribution in [0.25, 0.3) is 0 Å². The molecule has 1 heteroatoms. The summed E-state index contributed by atoms with van der Waals surface area (Å²) in [6.07, 6.45) is 7.07. The molecule has 0 bridgehead atoms. The van der Waals surface area contributed by atoms with Crippen molar-refractivity contribution in [3.8, 4) is 6.07 Å². The Balaban J connectivity index is 3.30. The van der Waals surface area contributed by atoms with E-state index in [9.17, 15) is 0 Å². The Kier molecular flexibility index (Phi) is 7.24. The van der Waals surface area contributed by atoms with Gasteiger partial charge in [-0.25, -0.2) is 0 Å². The molecular weight excluding hydrogens is 134 g/mol. The maximum Gasteiger partial charge on any atom is 0.0624 e. The van der Waals surface area contributed by atoms with E-state index in [0.717, 1.165) is 12.8 Å². The van der Waals surface area contributed by atoms with E-state index in [4.69, 9.17) is 5.26 Å². The van der Waals surface area contributed by atoms with Crippen LogP contribution < -0.4 is 0 Å². The van der Waals surface area contributed by atoms with E-state index < -0.39 is 0 Å². The van der Waals surface area contributed by atoms with Gasteiger partial charge in [0.05, 0.1) is 6.07 Å². The average molecular weight is 153 g/mol. The summed E-state index contributed by atoms with van der Waals surface area (Å²) in [4.78, 5) is 0. The minimum atomic E-state index is 0.659. The van der Waals surface area contributed by atoms with Gasteiger partial charge in [-0.05, 0) is 12.3 Å². The number of hydrogen-bond donors (Lipinski definition) is 0. The van der Waals surface area contributed by atoms with Crippen molar-refractivity contribution < 1.29 is 0 Å². The van der Waals surface area contributed by atoms with Gasteiger partial charge in [-0.2, -0.15) is 5.26 Å². The highest BCUT2D eigenvalue weighted by molar-refractivity contribution is 4.74. The fourth-order valence-electron chi connectivity index (χ4n) is 1.26. The molecular formula is C10H19N. The number of rotatable bonds is 6. The van der Waals surface area contributed by atoms with Crippen molar-refractivity contribution in [3.63, 3.8) is 0 Å². The SMILES string of the molecule is CCCCCC(CC)CC#N. The molecule has 0 aliphatic rings. The van der Waals surface area contributed by atoms with Crippen LogP contribution in [0, 0.1) is 17.2 Å². The van der Waals surface area contributed by atoms with E-state index >= 15 is 0 Å². The molecule has 0 aromatic rings. The number of nitriles is 1. The van der Waals surface area contributed by atoms with Crippen molar-refractivity contribution in [2.24, 2.45) is 5.92 Å². The highest BCUT2D eigenvalue weighted by Gasteiger charge is 2.03. The smallest absolute Gasteiger partial charge is 0.0624 e. The lowest BCUT2D eigenvalue weighted by Gasteiger charge is -2.08. The second kappa shape index (κ2) is 7.60. The van der Waals surface area contributed by atoms with Crippen LogP contribution in [0.4, 0.5) is 0 Å². The van der Waals surface area contributed by atoms with E-state index in [-0.39, 0.29) is 0 Å². The number of nitrogens with zero attached hydrogens (tertiary/aromatic N) is 1. The minimum absolute atomic E-state index is 0.659. The highest BCUT2D eigenvalue weighted by atomic mass is 14.2. The van der Waals surface area contributed by atoms with Crippen LogP contribution in [-0.4, -0.2) is 0 Å². The van der Waals surface area contributed by atoms with Gasteiger partial charge in [0.15, 0.2) is 0 Å². The minimum Gasteiger partial charge on any atom is -0.198 e. The van der Waals surface area contributed by atoms with E-state index in [1.54, 1.807) is 0 Å². The molecule has 0 saturated heterocycles. The van der Waals surface area contributed by atoms with E-state index in [1.807, 2.05) is 0 Å². The molecule has 1 nitrogen and oxygen atoms in total. The standard InChI is InChI=1S/C10H19N/c1-3-5-6-7-10(4-2)8-9-11/h10H,3-8H2,1-2H3. The van der Waals surface area contributed by atoms with Crippen molar-refractivity contribution in [1.82, 2.24) is 0 Å². The Bertz CT molecular complexity index is 113. The number of unbranched alkanes of at least 4 members (excludes halogenated alkanes) is 2. The number of hydrogen-bond acceptors (Lipinski definition) is 1. The second-order valence-electron chi connectivity index (χ2n) is 3.13. The molecule has 0 aromatic heterocycles. The summed E-state index contributed by atoms with van der Waals surface area (Å²) in [5.41, 5.74) is 0. The summed E-state index contributed by atoms with van der Waals surface area (Å²) in [5.74, 6) is 0.659. The van der Waals surface area contributed by atoms with Crippen molar-refractivity contribution in [3.05, 3.63) is 0 Å². The van der Waals surface area contributed by atoms with Gasteiger partial charge in [0, 0.05) is 6.42 Å². The van der Waals surface area contributed by atoms with Crippen LogP contribution in [0.15, 0.2) is 0 Å². The fourth-order valence-corrected chi connectivity index (χ4v) is 1.26. The Morgan fingerprint density at radius 3 is 2.45 bits per heavy atom. The maximum absolute atomic E-state index is 8.47. The van der Waals surface area contributed by atoms with Crippen molar-refractivity contribution >= 4 is 0 Å². The van der Waals surface area contributed by atoms with E-state index in [2.05, 4.69) is 19.9 Å². The normalized spacial score (nSPS) is 12.5. The first kappa shape index (κ1) is 10.5. The molecule has 0 saturated carbocycles. The molecule has 0 aliphatic heterocycles. The monoisotopic (exact) mass is 153 g/mol. The van der Waals surface area contributed by atoms with Crippen LogP contribution >= 0.6 is 0 Å². The Morgan fingerprint density at radius 1 is 1.27 bits per heavy atom. The zero-order valence-corrected chi connectivity index (χ0v) is 7.77. The van der Waals surface area contributed by atoms with Crippen LogP contribution in [-0.2, 0) is 0 Å². The lowest BCUT2D eigenvalue weighted by atomic mass is 9.96. The second-order valence-corrected chi connectivity index (χ2v) is 3.13. The van der Waals surface area contributed by atoms with Crippen LogP contribution in [0.1, 0.15) is 52.4 Å². The molecule has 11 heavy (non-hydrogen) atoms. The van der Waals surface area contributed by atoms with Crippen molar-refractivity contribution in [2.75, 3.05) is 0 Å². The van der Waals surface area contributed by atoms with Crippen molar-refractivity contribution in [2.45, 2.75) is 52.4 Å². The first-order valence-corrected chi connectivity index (χ1v) is 4.72. The third kappa shape index (κ3) is 5.91. The summed E-state index contributed by atoms with van der Waals surface area (Å²) in [5, 5.41) is 8.47. The lowest BCUT2D eigenvalue weighted by molar-refractivity contribution is 0.453. The Morgan fingerprint density at radius 2 is 2.00 bits per heavy atom. The average Bonchev–Trinajstić information content (AvgIpc) is 2.03. The molecule has 0 rings (SSSR count). The summed E-state index contributed by atoms with van der Waals surface area (Å²) < 4.78 is 0. The van der Waals surface area contributed by atoms with Crippen LogP contribution in [0.5, 0.6) is 0 Å². The summed E-state index contributed by atoms with van der Waals surface area (Å²) in [7, 11) is 0. The molecule has 0 N–H and O–H groups in total. The molecule has 64 valence electrons. The van der Waals surface area contributed by atoms with Crippen LogP contribution in [0.2, 0.25) is 0 Å². The predicted octanol–water partition coefficient (Wildman–Crippen LogP) is 3.51. The molecule has 0 amide bonds. The third-order valence-corrected chi connectivity index (χ3v) is 2.17. The van der Waals surface area contributed by atoms with Gasteiger partial charge in [-0.3, -0.25) is 0 Å². The summed E-state index contributed by atoms with van der Waals surface area (Å²) in [6, 6.07) is 2.25. The van der Waals surface area contributed by atoms with Gasteiger partial charge in [0.25, 0.3) is 0 Å². The molecule has 0 spiro atoms. The largest absolute Gasteiger partial charge is 0.198 e. The van der Waals surface area contributed by atoms with Crippen LogP contribution in [0.3, 0.4) is 0 Å². The molecule has 0 aromatic carbocycles. The lowest BCUT2D eigenvalue weighted by Crippen LogP contribution is -1.96. The topological polar surface area (TPSA) is 23.8 Å². The zero-order valence-electron chi connectivity index (χ0n) is 7.77. The van der Waals surface area contributed by atoms with Gasteiger partial charge in [-0.15, -0.1) is 0 Å². The van der Waals surface area contributed by atoms with Gasteiger partial charge in [-0.1, -0.05) is 39.5 Å². The molecule has 0 fully saturated rings. The van der Waals surface area contributed by atoms with Gasteiger partial charge < -0.3 is 0 Å². The quantitative estimate of drug-likeness (QED) is 0.536. The Hall–Kier alpha value is -0.510. The predicted molar refractivity (Wildman–Crippen MR) is 48.2 cm³/mol. The summed E-state index contributed by atoms with van der Waals surface area (Å²) in [6.45, 7) is 4.39. The first-order valence-electron chi connectivity index (χ1n) is 4.72. The Labute approximate surface area is 70.4 Å². The van der Waals surface area contributed by atoms with Gasteiger partial charge in [0.1, 0.15) is 0 Å². The van der Waals surface area contributed by atoms with Crippen molar-refractivity contribution in [1.29, 1.82) is 5.26 Å². The highest BCUT2D eigenvalue weighted by Crippen LogP contribution is 2.16. The van der Waals surface area contributed by atoms with E-state index in [1.165, 1.54) is 25.7 Å². The van der Waals surface area contributed by atoms with E-state index in [0.29, 0.717) is 5.92 Å². The molecule has 1 atom stereocenters. The van der Waals surface area contributed by atoms with Gasteiger partial charge >= 0.3 is 0 Å². The molecule has 0 radical (unpaired) electrons. The first-order chi connectivity index (χ1) is 5.35. The molecule has 0 heterocycles. The van der Waals surface area contributed by atoms with Gasteiger partial charge in [0.2, 0.25) is 0 Å².